The molecule has 0 radical (unpaired) electrons. The second-order valence-corrected chi connectivity index (χ2v) is 12.8. The summed E-state index contributed by atoms with van der Waals surface area (Å²) in [5.74, 6) is -1.44. The minimum atomic E-state index is -1.14. The molecule has 220 valence electrons. The minimum Gasteiger partial charge on any atom is -0.495 e. The molecule has 0 saturated carbocycles. The molecular formula is C32H33Cl2N3O5. The van der Waals surface area contributed by atoms with Gasteiger partial charge in [0.2, 0.25) is 11.8 Å². The summed E-state index contributed by atoms with van der Waals surface area (Å²) in [6, 6.07) is 16.1. The van der Waals surface area contributed by atoms with Crippen LogP contribution in [0.5, 0.6) is 5.75 Å². The lowest BCUT2D eigenvalue weighted by Crippen LogP contribution is -2.49. The quantitative estimate of drug-likeness (QED) is 0.288. The second-order valence-electron chi connectivity index (χ2n) is 11.9. The van der Waals surface area contributed by atoms with Gasteiger partial charge in [-0.25, -0.2) is 4.79 Å². The number of ether oxygens (including phenoxy) is 2. The average Bonchev–Trinajstić information content (AvgIpc) is 3.41. The summed E-state index contributed by atoms with van der Waals surface area (Å²) in [5.41, 5.74) is 1.48. The van der Waals surface area contributed by atoms with Gasteiger partial charge in [0.15, 0.2) is 0 Å². The zero-order valence-corrected chi connectivity index (χ0v) is 25.5. The molecule has 0 unspecified atom stereocenters. The van der Waals surface area contributed by atoms with Crippen LogP contribution >= 0.6 is 23.2 Å². The van der Waals surface area contributed by atoms with Gasteiger partial charge in [0.05, 0.1) is 31.5 Å². The number of rotatable bonds is 6. The third kappa shape index (κ3) is 5.23. The van der Waals surface area contributed by atoms with Crippen molar-refractivity contribution < 1.29 is 23.9 Å². The SMILES string of the molecule is COC(=O)c1ccc(NC(=O)[C@@H]2N[C@@H](CC(C)(C)C)[C@@]3(C(=O)Nc4cc(Cl)ccc43)[C@H]2c2cccc(Cl)c2)c(OC)c1. The number of anilines is 2. The van der Waals surface area contributed by atoms with Crippen molar-refractivity contribution in [1.82, 2.24) is 5.32 Å². The highest BCUT2D eigenvalue weighted by Gasteiger charge is 2.65. The van der Waals surface area contributed by atoms with Gasteiger partial charge in [-0.1, -0.05) is 62.2 Å². The summed E-state index contributed by atoms with van der Waals surface area (Å²) in [6.45, 7) is 6.31. The molecule has 2 aliphatic heterocycles. The first-order chi connectivity index (χ1) is 19.9. The first kappa shape index (κ1) is 29.9. The second kappa shape index (κ2) is 11.2. The number of carbonyl (C=O) groups excluding carboxylic acids is 3. The monoisotopic (exact) mass is 609 g/mol. The Morgan fingerprint density at radius 3 is 2.40 bits per heavy atom. The predicted octanol–water partition coefficient (Wildman–Crippen LogP) is 6.18. The van der Waals surface area contributed by atoms with Gasteiger partial charge in [0.25, 0.3) is 0 Å². The number of fused-ring (bicyclic) bond motifs is 2. The Balaban J connectivity index is 1.65. The molecule has 3 N–H and O–H groups in total. The van der Waals surface area contributed by atoms with Crippen molar-refractivity contribution in [3.8, 4) is 5.75 Å². The standard InChI is InChI=1S/C32H33Cl2N3O5/c1-31(2,3)16-25-32(21-11-10-20(34)15-23(21)36-30(32)40)26(17-7-6-8-19(33)13-17)27(37-25)28(38)35-22-12-9-18(29(39)42-5)14-24(22)41-4/h6-15,25-27,37H,16H2,1-5H3,(H,35,38)(H,36,40)/t25-,26-,27+,32+/m0/s1. The molecule has 5 rings (SSSR count). The van der Waals surface area contributed by atoms with Gasteiger partial charge in [-0.2, -0.15) is 0 Å². The van der Waals surface area contributed by atoms with E-state index in [0.717, 1.165) is 11.1 Å². The number of hydrogen-bond acceptors (Lipinski definition) is 6. The normalized spacial score (nSPS) is 22.9. The van der Waals surface area contributed by atoms with Crippen molar-refractivity contribution in [2.45, 2.75) is 50.6 Å². The molecule has 4 atom stereocenters. The fraction of sp³-hybridized carbons (Fsp3) is 0.344. The number of carbonyl (C=O) groups is 3. The maximum absolute atomic E-state index is 14.3. The molecule has 0 bridgehead atoms. The van der Waals surface area contributed by atoms with Crippen LogP contribution in [0.2, 0.25) is 10.0 Å². The van der Waals surface area contributed by atoms with Gasteiger partial charge in [-0.3, -0.25) is 9.59 Å². The number of nitrogens with one attached hydrogen (secondary N) is 3. The maximum Gasteiger partial charge on any atom is 0.337 e. The summed E-state index contributed by atoms with van der Waals surface area (Å²) in [7, 11) is 2.75. The van der Waals surface area contributed by atoms with E-state index in [0.29, 0.717) is 33.6 Å². The van der Waals surface area contributed by atoms with Crippen LogP contribution in [-0.2, 0) is 19.7 Å². The lowest BCUT2D eigenvalue weighted by Gasteiger charge is -2.37. The number of amides is 2. The van der Waals surface area contributed by atoms with Crippen molar-refractivity contribution in [2.75, 3.05) is 24.9 Å². The molecule has 2 amide bonds. The van der Waals surface area contributed by atoms with Crippen LogP contribution in [0.3, 0.4) is 0 Å². The number of benzene rings is 3. The first-order valence-corrected chi connectivity index (χ1v) is 14.3. The Morgan fingerprint density at radius 1 is 1.00 bits per heavy atom. The molecular weight excluding hydrogens is 577 g/mol. The topological polar surface area (TPSA) is 106 Å². The number of esters is 1. The molecule has 3 aromatic carbocycles. The number of hydrogen-bond donors (Lipinski definition) is 3. The molecule has 0 aliphatic carbocycles. The minimum absolute atomic E-state index is 0.183. The Morgan fingerprint density at radius 2 is 1.74 bits per heavy atom. The van der Waals surface area contributed by atoms with E-state index >= 15 is 0 Å². The fourth-order valence-electron chi connectivity index (χ4n) is 6.37. The lowest BCUT2D eigenvalue weighted by atomic mass is 9.62. The summed E-state index contributed by atoms with van der Waals surface area (Å²) < 4.78 is 10.3. The van der Waals surface area contributed by atoms with Crippen molar-refractivity contribution in [1.29, 1.82) is 0 Å². The van der Waals surface area contributed by atoms with Gasteiger partial charge >= 0.3 is 5.97 Å². The Hall–Kier alpha value is -3.59. The molecule has 2 aliphatic rings. The molecule has 10 heteroatoms. The van der Waals surface area contributed by atoms with E-state index in [9.17, 15) is 14.4 Å². The van der Waals surface area contributed by atoms with Crippen molar-refractivity contribution in [3.63, 3.8) is 0 Å². The Kier molecular flexibility index (Phi) is 8.00. The molecule has 3 aromatic rings. The van der Waals surface area contributed by atoms with Crippen LogP contribution in [0, 0.1) is 5.41 Å². The summed E-state index contributed by atoms with van der Waals surface area (Å²) in [6.07, 6.45) is 0.598. The van der Waals surface area contributed by atoms with Gasteiger partial charge in [0.1, 0.15) is 11.2 Å². The van der Waals surface area contributed by atoms with Gasteiger partial charge in [0, 0.05) is 27.7 Å². The van der Waals surface area contributed by atoms with E-state index in [-0.39, 0.29) is 22.8 Å². The van der Waals surface area contributed by atoms with Crippen LogP contribution < -0.4 is 20.7 Å². The van der Waals surface area contributed by atoms with E-state index in [1.54, 1.807) is 30.3 Å². The molecule has 8 nitrogen and oxygen atoms in total. The van der Waals surface area contributed by atoms with Gasteiger partial charge in [-0.15, -0.1) is 0 Å². The fourth-order valence-corrected chi connectivity index (χ4v) is 6.74. The molecule has 42 heavy (non-hydrogen) atoms. The maximum atomic E-state index is 14.3. The molecule has 1 fully saturated rings. The zero-order valence-electron chi connectivity index (χ0n) is 24.0. The highest BCUT2D eigenvalue weighted by Crippen LogP contribution is 2.57. The highest BCUT2D eigenvalue weighted by molar-refractivity contribution is 6.31. The van der Waals surface area contributed by atoms with Gasteiger partial charge < -0.3 is 25.4 Å². The van der Waals surface area contributed by atoms with Crippen LogP contribution in [0.1, 0.15) is 54.6 Å². The van der Waals surface area contributed by atoms with Crippen LogP contribution in [0.25, 0.3) is 0 Å². The third-order valence-electron chi connectivity index (χ3n) is 7.99. The smallest absolute Gasteiger partial charge is 0.337 e. The molecule has 2 heterocycles. The number of halogens is 2. The van der Waals surface area contributed by atoms with Gasteiger partial charge in [-0.05, 0) is 65.4 Å². The van der Waals surface area contributed by atoms with Crippen LogP contribution in [0.15, 0.2) is 60.7 Å². The van der Waals surface area contributed by atoms with Crippen molar-refractivity contribution in [2.24, 2.45) is 5.41 Å². The third-order valence-corrected chi connectivity index (χ3v) is 8.46. The van der Waals surface area contributed by atoms with Crippen molar-refractivity contribution >= 4 is 52.4 Å². The van der Waals surface area contributed by atoms with Crippen molar-refractivity contribution in [3.05, 3.63) is 87.4 Å². The van der Waals surface area contributed by atoms with E-state index in [1.807, 2.05) is 24.3 Å². The average molecular weight is 611 g/mol. The highest BCUT2D eigenvalue weighted by atomic mass is 35.5. The summed E-state index contributed by atoms with van der Waals surface area (Å²) in [5, 5.41) is 10.6. The Bertz CT molecular complexity index is 1570. The van der Waals surface area contributed by atoms with E-state index in [1.165, 1.54) is 20.3 Å². The van der Waals surface area contributed by atoms with Crippen LogP contribution in [0.4, 0.5) is 11.4 Å². The predicted molar refractivity (Wildman–Crippen MR) is 164 cm³/mol. The summed E-state index contributed by atoms with van der Waals surface area (Å²) >= 11 is 12.8. The van der Waals surface area contributed by atoms with E-state index in [2.05, 4.69) is 36.7 Å². The Labute approximate surface area is 255 Å². The van der Waals surface area contributed by atoms with Crippen LogP contribution in [-0.4, -0.2) is 44.1 Å². The lowest BCUT2D eigenvalue weighted by molar-refractivity contribution is -0.122. The summed E-state index contributed by atoms with van der Waals surface area (Å²) in [4.78, 5) is 40.6. The van der Waals surface area contributed by atoms with E-state index < -0.39 is 29.4 Å². The zero-order chi connectivity index (χ0) is 30.4. The first-order valence-electron chi connectivity index (χ1n) is 13.6. The molecule has 0 aromatic heterocycles. The number of methoxy groups -OCH3 is 2. The largest absolute Gasteiger partial charge is 0.495 e. The molecule has 1 spiro atoms. The molecule has 1 saturated heterocycles. The van der Waals surface area contributed by atoms with E-state index in [4.69, 9.17) is 32.7 Å².